The SMILES string of the molecule is Cc1ccc(Sc2ccccc2N2C3CCC2CNC3)c(C)c1. The van der Waals surface area contributed by atoms with Gasteiger partial charge in [0.15, 0.2) is 0 Å². The Labute approximate surface area is 143 Å². The van der Waals surface area contributed by atoms with Gasteiger partial charge in [-0.1, -0.05) is 41.6 Å². The van der Waals surface area contributed by atoms with E-state index in [9.17, 15) is 0 Å². The second-order valence-corrected chi connectivity index (χ2v) is 7.87. The van der Waals surface area contributed by atoms with Crippen molar-refractivity contribution in [2.75, 3.05) is 18.0 Å². The molecule has 0 amide bonds. The fourth-order valence-corrected chi connectivity index (χ4v) is 4.98. The Kier molecular flexibility index (Phi) is 4.08. The van der Waals surface area contributed by atoms with Gasteiger partial charge in [-0.3, -0.25) is 0 Å². The average Bonchev–Trinajstić information content (AvgIpc) is 2.79. The lowest BCUT2D eigenvalue weighted by Crippen LogP contribution is -2.52. The highest BCUT2D eigenvalue weighted by molar-refractivity contribution is 7.99. The smallest absolute Gasteiger partial charge is 0.0513 e. The minimum absolute atomic E-state index is 0.662. The van der Waals surface area contributed by atoms with Crippen LogP contribution in [0.15, 0.2) is 52.3 Å². The second-order valence-electron chi connectivity index (χ2n) is 6.79. The largest absolute Gasteiger partial charge is 0.362 e. The maximum Gasteiger partial charge on any atom is 0.0513 e. The fraction of sp³-hybridized carbons (Fsp3) is 0.400. The molecule has 0 aromatic heterocycles. The molecule has 2 heterocycles. The maximum atomic E-state index is 3.58. The summed E-state index contributed by atoms with van der Waals surface area (Å²) in [7, 11) is 0. The van der Waals surface area contributed by atoms with Gasteiger partial charge in [-0.25, -0.2) is 0 Å². The molecule has 2 aromatic carbocycles. The van der Waals surface area contributed by atoms with Crippen LogP contribution in [0, 0.1) is 13.8 Å². The van der Waals surface area contributed by atoms with Gasteiger partial charge in [0.25, 0.3) is 0 Å². The highest BCUT2D eigenvalue weighted by Crippen LogP contribution is 2.41. The summed E-state index contributed by atoms with van der Waals surface area (Å²) in [6.07, 6.45) is 2.64. The molecule has 2 fully saturated rings. The molecule has 4 rings (SSSR count). The predicted molar refractivity (Wildman–Crippen MR) is 98.6 cm³/mol. The highest BCUT2D eigenvalue weighted by atomic mass is 32.2. The summed E-state index contributed by atoms with van der Waals surface area (Å²) in [6, 6.07) is 17.0. The zero-order valence-electron chi connectivity index (χ0n) is 13.9. The lowest BCUT2D eigenvalue weighted by molar-refractivity contribution is 0.483. The van der Waals surface area contributed by atoms with E-state index in [0.717, 1.165) is 13.1 Å². The van der Waals surface area contributed by atoms with Gasteiger partial charge in [-0.2, -0.15) is 0 Å². The third-order valence-corrected chi connectivity index (χ3v) is 6.32. The minimum Gasteiger partial charge on any atom is -0.362 e. The van der Waals surface area contributed by atoms with Crippen molar-refractivity contribution in [2.24, 2.45) is 0 Å². The fourth-order valence-electron chi connectivity index (χ4n) is 3.96. The molecule has 23 heavy (non-hydrogen) atoms. The summed E-state index contributed by atoms with van der Waals surface area (Å²) in [6.45, 7) is 6.62. The first-order valence-electron chi connectivity index (χ1n) is 8.55. The van der Waals surface area contributed by atoms with Crippen LogP contribution in [0.5, 0.6) is 0 Å². The normalized spacial score (nSPS) is 23.3. The van der Waals surface area contributed by atoms with E-state index in [4.69, 9.17) is 0 Å². The van der Waals surface area contributed by atoms with Gasteiger partial charge in [-0.05, 0) is 50.5 Å². The zero-order valence-corrected chi connectivity index (χ0v) is 14.7. The van der Waals surface area contributed by atoms with Crippen LogP contribution >= 0.6 is 11.8 Å². The van der Waals surface area contributed by atoms with Crippen molar-refractivity contribution in [3.05, 3.63) is 53.6 Å². The molecule has 0 saturated carbocycles. The monoisotopic (exact) mass is 324 g/mol. The first-order valence-corrected chi connectivity index (χ1v) is 9.37. The summed E-state index contributed by atoms with van der Waals surface area (Å²) in [4.78, 5) is 5.44. The van der Waals surface area contributed by atoms with Crippen LogP contribution in [0.4, 0.5) is 5.69 Å². The van der Waals surface area contributed by atoms with Gasteiger partial charge < -0.3 is 10.2 Å². The van der Waals surface area contributed by atoms with Crippen molar-refractivity contribution in [3.63, 3.8) is 0 Å². The Morgan fingerprint density at radius 1 is 0.957 bits per heavy atom. The molecule has 0 radical (unpaired) electrons. The third-order valence-electron chi connectivity index (χ3n) is 5.07. The standard InChI is InChI=1S/C20H24N2S/c1-14-7-10-19(15(2)11-14)23-20-6-4-3-5-18(20)22-16-8-9-17(22)13-21-12-16/h3-7,10-11,16-17,21H,8-9,12-13H2,1-2H3. The summed E-state index contributed by atoms with van der Waals surface area (Å²) >= 11 is 1.91. The van der Waals surface area contributed by atoms with E-state index < -0.39 is 0 Å². The molecule has 2 aromatic rings. The Bertz CT molecular complexity index is 697. The minimum atomic E-state index is 0.662. The van der Waals surface area contributed by atoms with Crippen LogP contribution < -0.4 is 10.2 Å². The summed E-state index contributed by atoms with van der Waals surface area (Å²) in [5.74, 6) is 0. The molecular formula is C20H24N2S. The number of benzene rings is 2. The second kappa shape index (κ2) is 6.21. The van der Waals surface area contributed by atoms with E-state index in [1.807, 2.05) is 11.8 Å². The summed E-state index contributed by atoms with van der Waals surface area (Å²) in [5.41, 5.74) is 4.12. The Balaban J connectivity index is 1.67. The molecule has 2 atom stereocenters. The molecule has 2 aliphatic rings. The maximum absolute atomic E-state index is 3.58. The van der Waals surface area contributed by atoms with E-state index in [2.05, 4.69) is 66.5 Å². The summed E-state index contributed by atoms with van der Waals surface area (Å²) < 4.78 is 0. The van der Waals surface area contributed by atoms with Crippen LogP contribution in [-0.2, 0) is 0 Å². The Morgan fingerprint density at radius 2 is 1.70 bits per heavy atom. The average molecular weight is 324 g/mol. The molecule has 2 unspecified atom stereocenters. The molecule has 0 aliphatic carbocycles. The Hall–Kier alpha value is -1.45. The number of hydrogen-bond donors (Lipinski definition) is 1. The molecule has 0 spiro atoms. The zero-order chi connectivity index (χ0) is 15.8. The molecule has 2 bridgehead atoms. The van der Waals surface area contributed by atoms with Crippen LogP contribution in [0.1, 0.15) is 24.0 Å². The Morgan fingerprint density at radius 3 is 2.43 bits per heavy atom. The number of anilines is 1. The van der Waals surface area contributed by atoms with Crippen molar-refractivity contribution in [2.45, 2.75) is 48.6 Å². The number of piperazine rings is 1. The lowest BCUT2D eigenvalue weighted by atomic mass is 10.1. The third kappa shape index (κ3) is 2.88. The number of nitrogens with zero attached hydrogens (tertiary/aromatic N) is 1. The van der Waals surface area contributed by atoms with E-state index >= 15 is 0 Å². The van der Waals surface area contributed by atoms with E-state index in [0.29, 0.717) is 12.1 Å². The van der Waals surface area contributed by atoms with Gasteiger partial charge in [0.05, 0.1) is 5.69 Å². The molecule has 2 saturated heterocycles. The van der Waals surface area contributed by atoms with Crippen molar-refractivity contribution in [1.29, 1.82) is 0 Å². The van der Waals surface area contributed by atoms with E-state index in [1.165, 1.54) is 39.4 Å². The van der Waals surface area contributed by atoms with Crippen molar-refractivity contribution in [3.8, 4) is 0 Å². The number of fused-ring (bicyclic) bond motifs is 2. The van der Waals surface area contributed by atoms with Crippen molar-refractivity contribution >= 4 is 17.4 Å². The lowest BCUT2D eigenvalue weighted by Gasteiger charge is -2.38. The van der Waals surface area contributed by atoms with Gasteiger partial charge in [0, 0.05) is 35.0 Å². The molecule has 120 valence electrons. The van der Waals surface area contributed by atoms with Gasteiger partial charge in [-0.15, -0.1) is 0 Å². The van der Waals surface area contributed by atoms with Gasteiger partial charge in [0.2, 0.25) is 0 Å². The molecule has 3 heteroatoms. The topological polar surface area (TPSA) is 15.3 Å². The van der Waals surface area contributed by atoms with E-state index in [-0.39, 0.29) is 0 Å². The molecular weight excluding hydrogens is 300 g/mol. The number of aryl methyl sites for hydroxylation is 2. The summed E-state index contributed by atoms with van der Waals surface area (Å²) in [5, 5.41) is 3.58. The molecule has 1 N–H and O–H groups in total. The van der Waals surface area contributed by atoms with Crippen molar-refractivity contribution < 1.29 is 0 Å². The van der Waals surface area contributed by atoms with Crippen LogP contribution in [0.25, 0.3) is 0 Å². The first-order chi connectivity index (χ1) is 11.2. The van der Waals surface area contributed by atoms with Crippen LogP contribution in [-0.4, -0.2) is 25.2 Å². The van der Waals surface area contributed by atoms with Gasteiger partial charge in [0.1, 0.15) is 0 Å². The molecule has 2 aliphatic heterocycles. The van der Waals surface area contributed by atoms with Gasteiger partial charge >= 0.3 is 0 Å². The predicted octanol–water partition coefficient (Wildman–Crippen LogP) is 4.40. The number of nitrogens with one attached hydrogen (secondary N) is 1. The van der Waals surface area contributed by atoms with Crippen LogP contribution in [0.2, 0.25) is 0 Å². The molecule has 2 nitrogen and oxygen atoms in total. The highest BCUT2D eigenvalue weighted by Gasteiger charge is 2.37. The number of hydrogen-bond acceptors (Lipinski definition) is 3. The van der Waals surface area contributed by atoms with Crippen molar-refractivity contribution in [1.82, 2.24) is 5.32 Å². The number of para-hydroxylation sites is 1. The number of rotatable bonds is 3. The van der Waals surface area contributed by atoms with Crippen LogP contribution in [0.3, 0.4) is 0 Å². The van der Waals surface area contributed by atoms with E-state index in [1.54, 1.807) is 0 Å². The quantitative estimate of drug-likeness (QED) is 0.901. The first kappa shape index (κ1) is 15.1.